The number of aliphatic hydroxyl groups is 6. The Hall–Kier alpha value is -0.240. The highest BCUT2D eigenvalue weighted by Gasteiger charge is 2.52. The molecular weight excluding hydrogens is 1180 g/mol. The fourth-order valence-corrected chi connectivity index (χ4v) is 17.1. The van der Waals surface area contributed by atoms with Gasteiger partial charge in [-0.05, 0) is 83.0 Å². The van der Waals surface area contributed by atoms with Gasteiger partial charge in [0.25, 0.3) is 0 Å². The van der Waals surface area contributed by atoms with Gasteiger partial charge >= 0.3 is 0 Å². The molecule has 0 aromatic rings. The number of unbranched alkanes of at least 4 members (excludes halogenated alkanes) is 67. The van der Waals surface area contributed by atoms with Crippen LogP contribution in [0.15, 0.2) is 0 Å². The van der Waals surface area contributed by atoms with Crippen LogP contribution in [0.3, 0.4) is 0 Å². The van der Waals surface area contributed by atoms with E-state index in [0.717, 1.165) is 38.5 Å². The molecule has 0 bridgehead atoms. The maximum Gasteiger partial charge on any atom is 0.0601 e. The van der Waals surface area contributed by atoms with E-state index in [2.05, 4.69) is 6.92 Å². The normalized spacial score (nSPS) is 13.9. The minimum Gasteiger partial charge on any atom is -0.396 e. The lowest BCUT2D eigenvalue weighted by molar-refractivity contribution is -0.115. The monoisotopic (exact) mass is 1360 g/mol. The van der Waals surface area contributed by atoms with Crippen LogP contribution in [0.1, 0.15) is 528 Å². The Labute approximate surface area is 604 Å². The summed E-state index contributed by atoms with van der Waals surface area (Å²) in [6.45, 7) is 5.65. The average molecular weight is 1360 g/mol. The topological polar surface area (TPSA) is 121 Å². The molecule has 0 aliphatic rings. The first-order valence-corrected chi connectivity index (χ1v) is 45.2. The third-order valence-electron chi connectivity index (χ3n) is 23.5. The lowest BCUT2D eigenvalue weighted by atomic mass is 9.50. The van der Waals surface area contributed by atoms with Crippen molar-refractivity contribution in [2.45, 2.75) is 540 Å². The summed E-state index contributed by atoms with van der Waals surface area (Å²) in [4.78, 5) is 0. The number of hydrogen-bond acceptors (Lipinski definition) is 6. The predicted molar refractivity (Wildman–Crippen MR) is 426 cm³/mol. The van der Waals surface area contributed by atoms with Crippen LogP contribution in [0.4, 0.5) is 0 Å². The maximum atomic E-state index is 13.8. The Morgan fingerprint density at radius 2 is 0.344 bits per heavy atom. The summed E-state index contributed by atoms with van der Waals surface area (Å²) in [5.74, 6) is 0. The molecule has 6 heteroatoms. The summed E-state index contributed by atoms with van der Waals surface area (Å²) >= 11 is 0. The van der Waals surface area contributed by atoms with Crippen molar-refractivity contribution in [3.05, 3.63) is 0 Å². The van der Waals surface area contributed by atoms with Gasteiger partial charge in [-0.1, -0.05) is 450 Å². The second-order valence-electron chi connectivity index (χ2n) is 32.5. The maximum absolute atomic E-state index is 13.8. The molecule has 0 saturated heterocycles. The molecule has 0 fully saturated rings. The Balaban J connectivity index is 6.96. The smallest absolute Gasteiger partial charge is 0.0601 e. The molecule has 4 atom stereocenters. The van der Waals surface area contributed by atoms with Crippen molar-refractivity contribution in [1.29, 1.82) is 0 Å². The molecule has 6 N–H and O–H groups in total. The second kappa shape index (κ2) is 80.4. The summed E-state index contributed by atoms with van der Waals surface area (Å²) in [7, 11) is 0. The van der Waals surface area contributed by atoms with Crippen LogP contribution < -0.4 is 0 Å². The van der Waals surface area contributed by atoms with Gasteiger partial charge in [0.2, 0.25) is 0 Å². The first-order chi connectivity index (χ1) is 47.4. The minimum absolute atomic E-state index is 0.00591. The van der Waals surface area contributed by atoms with Gasteiger partial charge in [-0.3, -0.25) is 0 Å². The van der Waals surface area contributed by atoms with Gasteiger partial charge in [0.15, 0.2) is 0 Å². The van der Waals surface area contributed by atoms with Gasteiger partial charge in [-0.2, -0.15) is 0 Å². The summed E-state index contributed by atoms with van der Waals surface area (Å²) in [5, 5.41) is 60.4. The third kappa shape index (κ3) is 64.6. The van der Waals surface area contributed by atoms with Crippen molar-refractivity contribution in [3.63, 3.8) is 0 Å². The highest BCUT2D eigenvalue weighted by atomic mass is 16.3. The van der Waals surface area contributed by atoms with Crippen molar-refractivity contribution >= 4 is 0 Å². The molecule has 0 amide bonds. The van der Waals surface area contributed by atoms with E-state index in [1.54, 1.807) is 0 Å². The Morgan fingerprint density at radius 1 is 0.188 bits per heavy atom. The quantitative estimate of drug-likeness (QED) is 0.0338. The summed E-state index contributed by atoms with van der Waals surface area (Å²) in [6.07, 6.45) is 105. The molecule has 0 saturated carbocycles. The van der Waals surface area contributed by atoms with Gasteiger partial charge in [0.05, 0.1) is 12.2 Å². The van der Waals surface area contributed by atoms with Crippen LogP contribution in [-0.2, 0) is 0 Å². The van der Waals surface area contributed by atoms with Crippen molar-refractivity contribution in [2.24, 2.45) is 10.8 Å². The van der Waals surface area contributed by atoms with Crippen molar-refractivity contribution < 1.29 is 30.6 Å². The highest BCUT2D eigenvalue weighted by molar-refractivity contribution is 5.02. The van der Waals surface area contributed by atoms with E-state index in [4.69, 9.17) is 0 Å². The van der Waals surface area contributed by atoms with Crippen molar-refractivity contribution in [2.75, 3.05) is 26.4 Å². The van der Waals surface area contributed by atoms with Gasteiger partial charge in [-0.25, -0.2) is 0 Å². The number of rotatable bonds is 87. The second-order valence-corrected chi connectivity index (χ2v) is 32.5. The summed E-state index contributed by atoms with van der Waals surface area (Å²) in [5.41, 5.74) is 0.194. The highest BCUT2D eigenvalue weighted by Crippen LogP contribution is 2.59. The van der Waals surface area contributed by atoms with Crippen molar-refractivity contribution in [1.82, 2.24) is 0 Å². The standard InChI is InChI=1S/C90H182O6/c1-3-4-5-6-7-32-44-55-66-77-88(96)90(82-71-60-49-38-27-15-11-20-30-41-52-63-74-85-93,81-70-59-48-37-26-14-8-9-18-28-39-50-61-72-83-91)89(80-69-58-47-36-25-17-21-31-42-53-64-75-86-94,78-67-56-45-34-23-13-10-19-29-40-51-62-73-84-92)79-68-57-46-35-24-16-12-22-33-43-54-65-76-87(2)95/h87-88,91-96H,3-86H2,1-2H3. The van der Waals surface area contributed by atoms with Gasteiger partial charge < -0.3 is 30.6 Å². The zero-order valence-corrected chi connectivity index (χ0v) is 66.2. The van der Waals surface area contributed by atoms with E-state index in [1.165, 1.54) is 475 Å². The van der Waals surface area contributed by atoms with Crippen LogP contribution >= 0.6 is 0 Å². The van der Waals surface area contributed by atoms with E-state index < -0.39 is 0 Å². The van der Waals surface area contributed by atoms with E-state index in [9.17, 15) is 30.6 Å². The fraction of sp³-hybridized carbons (Fsp3) is 1.00. The van der Waals surface area contributed by atoms with Crippen LogP contribution in [0.2, 0.25) is 0 Å². The molecule has 4 unspecified atom stereocenters. The molecule has 0 aliphatic heterocycles. The number of aliphatic hydroxyl groups excluding tert-OH is 6. The van der Waals surface area contributed by atoms with Crippen LogP contribution in [-0.4, -0.2) is 69.3 Å². The van der Waals surface area contributed by atoms with E-state index in [-0.39, 0.29) is 23.0 Å². The predicted octanol–water partition coefficient (Wildman–Crippen LogP) is 28.9. The van der Waals surface area contributed by atoms with Gasteiger partial charge in [-0.15, -0.1) is 0 Å². The van der Waals surface area contributed by atoms with E-state index >= 15 is 0 Å². The van der Waals surface area contributed by atoms with Crippen LogP contribution in [0.25, 0.3) is 0 Å². The molecular formula is C90H182O6. The number of hydrogen-bond donors (Lipinski definition) is 6. The molecule has 0 radical (unpaired) electrons. The average Bonchev–Trinajstić information content (AvgIpc) is 0.757. The molecule has 0 rings (SSSR count). The Kier molecular flexibility index (Phi) is 80.2. The first-order valence-electron chi connectivity index (χ1n) is 45.2. The molecule has 0 spiro atoms. The molecule has 0 aromatic carbocycles. The van der Waals surface area contributed by atoms with Crippen LogP contribution in [0.5, 0.6) is 0 Å². The van der Waals surface area contributed by atoms with Crippen molar-refractivity contribution in [3.8, 4) is 0 Å². The molecule has 6 nitrogen and oxygen atoms in total. The first kappa shape index (κ1) is 95.8. The zero-order valence-electron chi connectivity index (χ0n) is 66.2. The molecule has 0 aliphatic carbocycles. The van der Waals surface area contributed by atoms with Gasteiger partial charge in [0.1, 0.15) is 0 Å². The fourth-order valence-electron chi connectivity index (χ4n) is 17.1. The van der Waals surface area contributed by atoms with E-state index in [0.29, 0.717) is 26.4 Å². The Bertz CT molecular complexity index is 1390. The molecule has 0 aromatic heterocycles. The lowest BCUT2D eigenvalue weighted by Gasteiger charge is -2.55. The Morgan fingerprint density at radius 3 is 0.531 bits per heavy atom. The molecule has 578 valence electrons. The summed E-state index contributed by atoms with van der Waals surface area (Å²) in [6, 6.07) is 0. The SMILES string of the molecule is CCCCCCCCCCCC(O)C(CCCCCCCCCCCCCCCO)(CCCCCCCCCCCCCCCCO)C(CCCCCCCCCCCCCCO)(CCCCCCCCCCCCCCCO)CCCCCCCCCCCCCCC(C)O. The third-order valence-corrected chi connectivity index (χ3v) is 23.5. The minimum atomic E-state index is -0.197. The summed E-state index contributed by atoms with van der Waals surface area (Å²) < 4.78 is 0. The zero-order chi connectivity index (χ0) is 69.6. The largest absolute Gasteiger partial charge is 0.396 e. The van der Waals surface area contributed by atoms with Gasteiger partial charge in [0, 0.05) is 31.8 Å². The molecule has 0 heterocycles. The van der Waals surface area contributed by atoms with E-state index in [1.807, 2.05) is 6.92 Å². The molecule has 96 heavy (non-hydrogen) atoms. The lowest BCUT2D eigenvalue weighted by Crippen LogP contribution is -2.50. The van der Waals surface area contributed by atoms with Crippen LogP contribution in [0, 0.1) is 10.8 Å².